The normalized spacial score (nSPS) is 29.5. The molecule has 8 aliphatic heterocycles. The highest BCUT2D eigenvalue weighted by Crippen LogP contribution is 2.57. The first-order chi connectivity index (χ1) is 53.6. The minimum atomic E-state index is -2.46. The molecule has 0 radical (unpaired) electrons. The van der Waals surface area contributed by atoms with Crippen LogP contribution in [0.3, 0.4) is 0 Å². The molecule has 0 saturated carbocycles. The summed E-state index contributed by atoms with van der Waals surface area (Å²) in [4.78, 5) is 182. The Bertz CT molecular complexity index is 4080. The number of nitrogens with one attached hydrogen (secondary N) is 11. The average Bonchev–Trinajstić information content (AvgIpc) is 1.51. The Morgan fingerprint density at radius 1 is 0.726 bits per heavy atom. The molecular formula is C72H103N21O20. The fourth-order valence-corrected chi connectivity index (χ4v) is 16.0. The second-order valence-corrected chi connectivity index (χ2v) is 31.5. The third-order valence-corrected chi connectivity index (χ3v) is 22.1. The molecule has 19 atom stereocenters. The van der Waals surface area contributed by atoms with Gasteiger partial charge in [0.1, 0.15) is 72.4 Å². The second kappa shape index (κ2) is 35.5. The van der Waals surface area contributed by atoms with Crippen LogP contribution < -0.4 is 58.7 Å². The summed E-state index contributed by atoms with van der Waals surface area (Å²) < 4.78 is 11.8. The maximum Gasteiger partial charge on any atom is 0.329 e. The van der Waals surface area contributed by atoms with E-state index in [9.17, 15) is 69.0 Å². The molecule has 0 aliphatic carbocycles. The minimum absolute atomic E-state index is 0.00737. The number of anilines is 2. The molecule has 41 heteroatoms. The number of carbonyl (C=O) groups is 12. The summed E-state index contributed by atoms with van der Waals surface area (Å²) in [5.74, 6) is -16.2. The summed E-state index contributed by atoms with van der Waals surface area (Å²) in [5, 5.41) is 106. The maximum absolute atomic E-state index is 15.6. The number of aliphatic hydroxyl groups is 6. The summed E-state index contributed by atoms with van der Waals surface area (Å²) in [6, 6.07) is -5.52. The number of carbonyl (C=O) groups excluding carboxylic acids is 12. The minimum Gasteiger partial charge on any atom is -0.450 e. The van der Waals surface area contributed by atoms with Crippen LogP contribution in [0.25, 0.3) is 32.0 Å². The van der Waals surface area contributed by atoms with Crippen molar-refractivity contribution >= 4 is 82.9 Å². The summed E-state index contributed by atoms with van der Waals surface area (Å²) >= 11 is 0. The molecule has 10 rings (SSSR count). The van der Waals surface area contributed by atoms with Gasteiger partial charge in [0.15, 0.2) is 17.8 Å². The lowest BCUT2D eigenvalue weighted by molar-refractivity contribution is -0.174. The molecule has 113 heavy (non-hydrogen) atoms. The number of aliphatic hydroxyl groups excluding tert-OH is 4. The number of azide groups is 2. The van der Waals surface area contributed by atoms with Gasteiger partial charge in [-0.05, 0) is 109 Å². The van der Waals surface area contributed by atoms with Crippen molar-refractivity contribution in [1.29, 1.82) is 0 Å². The third kappa shape index (κ3) is 17.4. The zero-order valence-electron chi connectivity index (χ0n) is 64.3. The Morgan fingerprint density at radius 2 is 1.38 bits per heavy atom. The average molecular weight is 1580 g/mol. The first kappa shape index (κ1) is 85.4. The zero-order chi connectivity index (χ0) is 82.5. The van der Waals surface area contributed by atoms with Crippen molar-refractivity contribution in [3.63, 3.8) is 0 Å². The van der Waals surface area contributed by atoms with E-state index in [1.165, 1.54) is 30.1 Å². The molecule has 6 fully saturated rings. The van der Waals surface area contributed by atoms with E-state index in [-0.39, 0.29) is 106 Å². The highest BCUT2D eigenvalue weighted by Gasteiger charge is 2.74. The smallest absolute Gasteiger partial charge is 0.329 e. The Labute approximate surface area is 650 Å². The van der Waals surface area contributed by atoms with Crippen molar-refractivity contribution < 1.29 is 97.6 Å². The van der Waals surface area contributed by atoms with Gasteiger partial charge in [-0.25, -0.2) is 25.8 Å². The Kier molecular flexibility index (Phi) is 26.9. The number of nitrogens with zero attached hydrogens (tertiary/aromatic N) is 10. The Morgan fingerprint density at radius 3 is 2.00 bits per heavy atom. The van der Waals surface area contributed by atoms with Gasteiger partial charge >= 0.3 is 11.9 Å². The van der Waals surface area contributed by atoms with Gasteiger partial charge in [0.25, 0.3) is 17.7 Å². The molecule has 0 unspecified atom stereocenters. The van der Waals surface area contributed by atoms with Crippen molar-refractivity contribution in [3.8, 4) is 11.1 Å². The predicted octanol–water partition coefficient (Wildman–Crippen LogP) is -2.02. The largest absolute Gasteiger partial charge is 0.450 e. The summed E-state index contributed by atoms with van der Waals surface area (Å²) in [7, 11) is 0. The molecule has 616 valence electrons. The first-order valence-electron chi connectivity index (χ1n) is 38.3. The predicted molar refractivity (Wildman–Crippen MR) is 396 cm³/mol. The topological polar surface area (TPSA) is 587 Å². The fourth-order valence-electron chi connectivity index (χ4n) is 16.0. The number of amides is 10. The van der Waals surface area contributed by atoms with Crippen molar-refractivity contribution in [2.24, 2.45) is 33.9 Å². The van der Waals surface area contributed by atoms with Gasteiger partial charge in [0.05, 0.1) is 18.3 Å². The number of hydrogen-bond donors (Lipinski definition) is 17. The number of hydrogen-bond acceptors (Lipinski definition) is 27. The molecule has 17 N–H and O–H groups in total. The SMILES string of the molecule is CC(C)[C@H](OC(=O)[C@H](NC(=O)[C@@H]1C[C@@]2(O)c3cc(-c4ccc5c(c4)[C@]4(O)C[C@H]6C(=O)N[C@H](C(C)C)C(=O)O[C@@H](C(C)C)C(=O)N7NC[C@H](O)C[C@@H]7C(=O)N[C@@H](CCCCN=[N+]=[N-])C(=O)N[C@H]7C(=O)N6[C@@]4(N5)N[C@@H]7O)ccc3N[C@H]2N1C(=O)[C@H](NC(=O)[C@H](CCCCCN=[N+]=[N-])NC=O)[C@H](C)O)C(C)C)C(=O)N1CC[C@@H](O)CN1. The molecule has 2 bridgehead atoms. The lowest BCUT2D eigenvalue weighted by atomic mass is 9.85. The van der Waals surface area contributed by atoms with E-state index in [0.29, 0.717) is 24.8 Å². The van der Waals surface area contributed by atoms with E-state index in [1.807, 2.05) is 0 Å². The van der Waals surface area contributed by atoms with Crippen molar-refractivity contribution in [2.45, 2.75) is 247 Å². The number of ether oxygens (including phenoxy) is 2. The van der Waals surface area contributed by atoms with Gasteiger partial charge in [0.2, 0.25) is 47.6 Å². The molecule has 8 heterocycles. The van der Waals surface area contributed by atoms with Crippen LogP contribution in [0.4, 0.5) is 11.4 Å². The van der Waals surface area contributed by atoms with Crippen LogP contribution in [-0.4, -0.2) is 258 Å². The summed E-state index contributed by atoms with van der Waals surface area (Å²) in [6.07, 6.45) is -10.0. The van der Waals surface area contributed by atoms with Gasteiger partial charge in [-0.15, -0.1) is 0 Å². The Hall–Kier alpha value is -10.1. The van der Waals surface area contributed by atoms with Crippen molar-refractivity contribution in [2.75, 3.05) is 43.4 Å². The number of cyclic esters (lactones) is 1. The molecular weight excluding hydrogens is 1480 g/mol. The van der Waals surface area contributed by atoms with Gasteiger partial charge in [-0.1, -0.05) is 97.0 Å². The second-order valence-electron chi connectivity index (χ2n) is 31.5. The molecule has 0 aromatic heterocycles. The summed E-state index contributed by atoms with van der Waals surface area (Å²) in [6.45, 7) is 14.0. The number of β-amino-alcohol motifs (C(OH)–C–C–N with tert-alkyl or cyclic N) is 2. The van der Waals surface area contributed by atoms with Gasteiger partial charge in [-0.3, -0.25) is 62.9 Å². The van der Waals surface area contributed by atoms with E-state index in [4.69, 9.17) is 20.5 Å². The third-order valence-electron chi connectivity index (χ3n) is 22.1. The standard InChI is InChI=1S/C72H103N21O20/c1-33(2)51(67(108)112-55(35(5)6)65(106)90-24-21-40(96)30-78-90)82-60(101)49-28-70(110)42-25-38(17-19-44(42)81-69(70)91(49)63(104)53(37(9)95)84-57(98)46(75-32-94)15-11-10-13-22-76-88-73)39-18-20-45-43(26-39)71(111)29-50-61(102)83-52(34(3)4)68(109)113-56(36(7)8)66(107)93-48(27-41(97)31-79-93)59(100)80-47(16-12-14-23-77-89-74)58(99)85-54-62(103)87-72(71,86-45)92(50)64(54)105/h17-20,25-26,32-37,40-41,46-56,62,69,78-79,81,86-87,95-97,103,110-111H,10-16,21-24,27-31H2,1-9H3,(H,75,94)(H,80,100)(H,82,101)(H,83,102)(H,84,98)(H,85,99)/t37-,40+,41+,46-,47-,48+,49-,50-,51+,52+,53+,54+,55-,56-,62+,69-,70+,71+,72-/m0/s1. The zero-order valence-corrected chi connectivity index (χ0v) is 64.3. The molecule has 10 amide bonds. The highest BCUT2D eigenvalue weighted by molar-refractivity contribution is 6.01. The van der Waals surface area contributed by atoms with Gasteiger partial charge in [-0.2, -0.15) is 0 Å². The van der Waals surface area contributed by atoms with E-state index >= 15 is 19.2 Å². The van der Waals surface area contributed by atoms with Crippen molar-refractivity contribution in [1.82, 2.24) is 67.9 Å². The van der Waals surface area contributed by atoms with Crippen LogP contribution in [0.15, 0.2) is 46.6 Å². The lowest BCUT2D eigenvalue weighted by Gasteiger charge is -2.50. The first-order valence-corrected chi connectivity index (χ1v) is 38.3. The summed E-state index contributed by atoms with van der Waals surface area (Å²) in [5.41, 5.74) is 19.6. The maximum atomic E-state index is 15.6. The molecule has 2 aromatic rings. The number of fused-ring (bicyclic) bond motifs is 7. The Balaban J connectivity index is 0.999. The van der Waals surface area contributed by atoms with Crippen LogP contribution in [0.5, 0.6) is 0 Å². The lowest BCUT2D eigenvalue weighted by Crippen LogP contribution is -2.81. The molecule has 41 nitrogen and oxygen atoms in total. The van der Waals surface area contributed by atoms with Crippen LogP contribution in [-0.2, 0) is 78.2 Å². The van der Waals surface area contributed by atoms with E-state index < -0.39 is 216 Å². The van der Waals surface area contributed by atoms with Crippen LogP contribution in [0.1, 0.15) is 144 Å². The number of esters is 2. The van der Waals surface area contributed by atoms with E-state index in [1.54, 1.807) is 73.6 Å². The monoisotopic (exact) mass is 1580 g/mol. The number of likely N-dealkylation sites (tertiary alicyclic amines) is 1. The van der Waals surface area contributed by atoms with Gasteiger partial charge < -0.3 is 87.5 Å². The van der Waals surface area contributed by atoms with E-state index in [0.717, 1.165) is 14.8 Å². The molecule has 1 spiro atoms. The van der Waals surface area contributed by atoms with Crippen LogP contribution in [0.2, 0.25) is 0 Å². The molecule has 6 saturated heterocycles. The molecule has 2 aromatic carbocycles. The van der Waals surface area contributed by atoms with Crippen LogP contribution >= 0.6 is 0 Å². The van der Waals surface area contributed by atoms with Crippen LogP contribution in [0, 0.1) is 23.7 Å². The number of benzene rings is 2. The quantitative estimate of drug-likeness (QED) is 0.0115. The molecule has 8 aliphatic rings. The number of hydrazine groups is 2. The number of unbranched alkanes of at least 4 members (excludes halogenated alkanes) is 3. The number of rotatable bonds is 27. The van der Waals surface area contributed by atoms with Crippen molar-refractivity contribution in [3.05, 3.63) is 68.4 Å². The van der Waals surface area contributed by atoms with Gasteiger partial charge in [0, 0.05) is 84.3 Å². The highest BCUT2D eigenvalue weighted by atomic mass is 16.6. The van der Waals surface area contributed by atoms with E-state index in [2.05, 4.69) is 78.8 Å². The fraction of sp³-hybridized carbons (Fsp3) is 0.667.